The van der Waals surface area contributed by atoms with Gasteiger partial charge in [0.05, 0.1) is 24.8 Å². The summed E-state index contributed by atoms with van der Waals surface area (Å²) in [5, 5.41) is 8.72. The van der Waals surface area contributed by atoms with Crippen molar-refractivity contribution in [3.05, 3.63) is 47.5 Å². The number of ether oxygens (including phenoxy) is 1. The molecule has 0 aliphatic carbocycles. The van der Waals surface area contributed by atoms with E-state index in [1.54, 1.807) is 17.0 Å². The summed E-state index contributed by atoms with van der Waals surface area (Å²) in [7, 11) is 1.37. The van der Waals surface area contributed by atoms with E-state index in [0.717, 1.165) is 5.56 Å². The van der Waals surface area contributed by atoms with Crippen molar-refractivity contribution in [2.45, 2.75) is 6.04 Å². The number of carbonyl (C=O) groups excluding carboxylic acids is 1. The number of benzene rings is 1. The summed E-state index contributed by atoms with van der Waals surface area (Å²) in [6.45, 7) is 0.553. The third kappa shape index (κ3) is 2.13. The smallest absolute Gasteiger partial charge is 0.410 e. The second kappa shape index (κ2) is 4.71. The second-order valence-electron chi connectivity index (χ2n) is 3.73. The van der Waals surface area contributed by atoms with E-state index in [1.165, 1.54) is 7.11 Å². The van der Waals surface area contributed by atoms with Gasteiger partial charge in [-0.25, -0.2) is 4.79 Å². The number of hydrogen-bond donors (Lipinski definition) is 0. The van der Waals surface area contributed by atoms with Crippen LogP contribution in [0.5, 0.6) is 0 Å². The molecule has 0 N–H and O–H groups in total. The first-order valence-electron chi connectivity index (χ1n) is 5.27. The van der Waals surface area contributed by atoms with Crippen LogP contribution in [0.15, 0.2) is 36.4 Å². The van der Waals surface area contributed by atoms with Gasteiger partial charge in [0.1, 0.15) is 0 Å². The van der Waals surface area contributed by atoms with Crippen molar-refractivity contribution in [2.24, 2.45) is 0 Å². The molecule has 86 valence electrons. The zero-order valence-electron chi connectivity index (χ0n) is 9.46. The summed E-state index contributed by atoms with van der Waals surface area (Å²) >= 11 is 0. The minimum Gasteiger partial charge on any atom is -0.453 e. The molecule has 1 heterocycles. The topological polar surface area (TPSA) is 53.3 Å². The Hall–Kier alpha value is -2.28. The maximum atomic E-state index is 11.5. The average molecular weight is 228 g/mol. The lowest BCUT2D eigenvalue weighted by atomic mass is 10.1. The van der Waals surface area contributed by atoms with Crippen molar-refractivity contribution in [3.8, 4) is 6.07 Å². The Morgan fingerprint density at radius 1 is 1.47 bits per heavy atom. The summed E-state index contributed by atoms with van der Waals surface area (Å²) in [4.78, 5) is 13.2. The maximum absolute atomic E-state index is 11.5. The SMILES string of the molecule is COC(=O)N1CC=CC1c1ccc(C#N)cc1. The van der Waals surface area contributed by atoms with E-state index in [-0.39, 0.29) is 12.1 Å². The first-order chi connectivity index (χ1) is 8.26. The molecule has 1 aliphatic heterocycles. The van der Waals surface area contributed by atoms with Gasteiger partial charge in [-0.15, -0.1) is 0 Å². The van der Waals surface area contributed by atoms with Gasteiger partial charge in [0.2, 0.25) is 0 Å². The normalized spacial score (nSPS) is 17.9. The molecule has 0 aromatic heterocycles. The minimum atomic E-state index is -0.343. The van der Waals surface area contributed by atoms with Crippen molar-refractivity contribution in [2.75, 3.05) is 13.7 Å². The summed E-state index contributed by atoms with van der Waals surface area (Å²) in [6, 6.07) is 9.17. The fraction of sp³-hybridized carbons (Fsp3) is 0.231. The van der Waals surface area contributed by atoms with Gasteiger partial charge in [-0.3, -0.25) is 4.90 Å². The Morgan fingerprint density at radius 3 is 2.76 bits per heavy atom. The van der Waals surface area contributed by atoms with Crippen LogP contribution in [-0.4, -0.2) is 24.6 Å². The lowest BCUT2D eigenvalue weighted by Gasteiger charge is -2.23. The number of rotatable bonds is 1. The van der Waals surface area contributed by atoms with Crippen molar-refractivity contribution in [3.63, 3.8) is 0 Å². The quantitative estimate of drug-likeness (QED) is 0.692. The molecule has 1 unspecified atom stereocenters. The number of hydrogen-bond acceptors (Lipinski definition) is 3. The molecule has 1 amide bonds. The van der Waals surface area contributed by atoms with Crippen LogP contribution in [0, 0.1) is 11.3 Å². The van der Waals surface area contributed by atoms with Gasteiger partial charge in [-0.1, -0.05) is 24.3 Å². The van der Waals surface area contributed by atoms with E-state index in [4.69, 9.17) is 10.00 Å². The van der Waals surface area contributed by atoms with Crippen LogP contribution in [0.4, 0.5) is 4.79 Å². The zero-order valence-corrected chi connectivity index (χ0v) is 9.46. The molecule has 17 heavy (non-hydrogen) atoms. The molecule has 0 spiro atoms. The van der Waals surface area contributed by atoms with Crippen molar-refractivity contribution < 1.29 is 9.53 Å². The molecular formula is C13H12N2O2. The highest BCUT2D eigenvalue weighted by Crippen LogP contribution is 2.27. The molecule has 0 bridgehead atoms. The van der Waals surface area contributed by atoms with E-state index < -0.39 is 0 Å². The molecular weight excluding hydrogens is 216 g/mol. The first kappa shape index (κ1) is 11.2. The molecule has 2 rings (SSSR count). The molecule has 0 saturated carbocycles. The van der Waals surface area contributed by atoms with Crippen molar-refractivity contribution in [1.29, 1.82) is 5.26 Å². The third-order valence-electron chi connectivity index (χ3n) is 2.75. The third-order valence-corrected chi connectivity index (χ3v) is 2.75. The Bertz CT molecular complexity index is 485. The molecule has 0 saturated heterocycles. The molecule has 0 radical (unpaired) electrons. The van der Waals surface area contributed by atoms with Crippen LogP contribution < -0.4 is 0 Å². The van der Waals surface area contributed by atoms with Gasteiger partial charge in [-0.05, 0) is 17.7 Å². The van der Waals surface area contributed by atoms with Crippen LogP contribution in [0.2, 0.25) is 0 Å². The van der Waals surface area contributed by atoms with E-state index in [9.17, 15) is 4.79 Å². The van der Waals surface area contributed by atoms with Gasteiger partial charge in [0.25, 0.3) is 0 Å². The van der Waals surface area contributed by atoms with E-state index in [1.807, 2.05) is 24.3 Å². The van der Waals surface area contributed by atoms with Crippen molar-refractivity contribution in [1.82, 2.24) is 4.90 Å². The fourth-order valence-corrected chi connectivity index (χ4v) is 1.87. The Morgan fingerprint density at radius 2 is 2.18 bits per heavy atom. The lowest BCUT2D eigenvalue weighted by Crippen LogP contribution is -2.30. The predicted molar refractivity (Wildman–Crippen MR) is 62.1 cm³/mol. The van der Waals surface area contributed by atoms with Crippen molar-refractivity contribution >= 4 is 6.09 Å². The zero-order chi connectivity index (χ0) is 12.3. The summed E-state index contributed by atoms with van der Waals surface area (Å²) < 4.78 is 4.73. The van der Waals surface area contributed by atoms with E-state index in [2.05, 4.69) is 6.07 Å². The van der Waals surface area contributed by atoms with Crippen LogP contribution in [0.1, 0.15) is 17.2 Å². The lowest BCUT2D eigenvalue weighted by molar-refractivity contribution is 0.122. The summed E-state index contributed by atoms with van der Waals surface area (Å²) in [5.74, 6) is 0. The second-order valence-corrected chi connectivity index (χ2v) is 3.73. The summed E-state index contributed by atoms with van der Waals surface area (Å²) in [6.07, 6.45) is 3.54. The number of methoxy groups -OCH3 is 1. The highest BCUT2D eigenvalue weighted by atomic mass is 16.5. The van der Waals surface area contributed by atoms with Gasteiger partial charge in [0.15, 0.2) is 0 Å². The van der Waals surface area contributed by atoms with Crippen LogP contribution in [-0.2, 0) is 4.74 Å². The van der Waals surface area contributed by atoms with Gasteiger partial charge in [0, 0.05) is 6.54 Å². The Kier molecular flexibility index (Phi) is 3.10. The van der Waals surface area contributed by atoms with Gasteiger partial charge < -0.3 is 4.74 Å². The predicted octanol–water partition coefficient (Wildman–Crippen LogP) is 2.24. The van der Waals surface area contributed by atoms with Crippen LogP contribution >= 0.6 is 0 Å². The first-order valence-corrected chi connectivity index (χ1v) is 5.27. The number of amides is 1. The average Bonchev–Trinajstić information content (AvgIpc) is 2.87. The summed E-state index contributed by atoms with van der Waals surface area (Å²) in [5.41, 5.74) is 1.59. The van der Waals surface area contributed by atoms with Gasteiger partial charge >= 0.3 is 6.09 Å². The minimum absolute atomic E-state index is 0.102. The highest BCUT2D eigenvalue weighted by Gasteiger charge is 2.26. The molecule has 0 fully saturated rings. The maximum Gasteiger partial charge on any atom is 0.410 e. The Balaban J connectivity index is 2.23. The monoisotopic (exact) mass is 228 g/mol. The highest BCUT2D eigenvalue weighted by molar-refractivity contribution is 5.69. The standard InChI is InChI=1S/C13H12N2O2/c1-17-13(16)15-8-2-3-12(15)11-6-4-10(9-14)5-7-11/h2-7,12H,8H2,1H3. The molecule has 4 heteroatoms. The largest absolute Gasteiger partial charge is 0.453 e. The van der Waals surface area contributed by atoms with Crippen LogP contribution in [0.3, 0.4) is 0 Å². The number of nitrogens with zero attached hydrogens (tertiary/aromatic N) is 2. The number of nitriles is 1. The van der Waals surface area contributed by atoms with Crippen LogP contribution in [0.25, 0.3) is 0 Å². The molecule has 1 aromatic carbocycles. The molecule has 1 aromatic rings. The van der Waals surface area contributed by atoms with E-state index >= 15 is 0 Å². The van der Waals surface area contributed by atoms with E-state index in [0.29, 0.717) is 12.1 Å². The Labute approximate surface area is 99.7 Å². The van der Waals surface area contributed by atoms with Gasteiger partial charge in [-0.2, -0.15) is 5.26 Å². The molecule has 4 nitrogen and oxygen atoms in total. The fourth-order valence-electron chi connectivity index (χ4n) is 1.87. The number of carbonyl (C=O) groups is 1. The molecule has 1 atom stereocenters. The molecule has 1 aliphatic rings.